The van der Waals surface area contributed by atoms with Crippen LogP contribution in [0.15, 0.2) is 40.6 Å². The molecule has 0 saturated heterocycles. The number of hydrogen-bond donors (Lipinski definition) is 2. The van der Waals surface area contributed by atoms with Crippen LogP contribution >= 0.6 is 12.2 Å². The molecule has 0 saturated carbocycles. The van der Waals surface area contributed by atoms with Gasteiger partial charge in [-0.3, -0.25) is 0 Å². The molecule has 1 rings (SSSR count). The van der Waals surface area contributed by atoms with E-state index in [0.29, 0.717) is 18.3 Å². The second-order valence-electron chi connectivity index (χ2n) is 6.47. The van der Waals surface area contributed by atoms with Crippen molar-refractivity contribution in [2.75, 3.05) is 13.2 Å². The van der Waals surface area contributed by atoms with E-state index in [9.17, 15) is 0 Å². The molecule has 1 aromatic carbocycles. The largest absolute Gasteiger partial charge is 0.492 e. The first-order valence-electron chi connectivity index (χ1n) is 7.36. The molecular weight excluding hydrogens is 296 g/mol. The molecule has 0 aromatic heterocycles. The zero-order chi connectivity index (χ0) is 16.6. The molecule has 0 heterocycles. The van der Waals surface area contributed by atoms with Crippen molar-refractivity contribution in [3.05, 3.63) is 30.3 Å². The second-order valence-corrected chi connectivity index (χ2v) is 6.88. The first kappa shape index (κ1) is 18.4. The maximum absolute atomic E-state index is 5.59. The molecule has 0 amide bonds. The van der Waals surface area contributed by atoms with E-state index in [1.165, 1.54) is 0 Å². The summed E-state index contributed by atoms with van der Waals surface area (Å²) in [6.45, 7) is 11.0. The van der Waals surface area contributed by atoms with Gasteiger partial charge in [0.15, 0.2) is 5.11 Å². The van der Waals surface area contributed by atoms with Gasteiger partial charge in [0.1, 0.15) is 18.0 Å². The quantitative estimate of drug-likeness (QED) is 0.478. The number of rotatable bonds is 6. The molecule has 0 aliphatic rings. The number of ether oxygens (including phenoxy) is 1. The van der Waals surface area contributed by atoms with Gasteiger partial charge in [-0.15, -0.1) is 0 Å². The van der Waals surface area contributed by atoms with Crippen LogP contribution in [0.3, 0.4) is 0 Å². The van der Waals surface area contributed by atoms with Crippen LogP contribution in [0.4, 0.5) is 0 Å². The van der Waals surface area contributed by atoms with Gasteiger partial charge >= 0.3 is 0 Å². The highest BCUT2D eigenvalue weighted by molar-refractivity contribution is 7.80. The molecule has 22 heavy (non-hydrogen) atoms. The van der Waals surface area contributed by atoms with Gasteiger partial charge in [-0.05, 0) is 59.0 Å². The molecule has 0 aliphatic heterocycles. The standard InChI is InChI=1S/C16H26N4OS/c1-15(2,3)19-20-16(4,5)18-14(22)17-11-12-21-13-9-7-6-8-10-13/h6-10H,11-12H2,1-5H3,(H2,17,18,22). The van der Waals surface area contributed by atoms with E-state index in [1.54, 1.807) is 0 Å². The van der Waals surface area contributed by atoms with Crippen LogP contribution in [0.1, 0.15) is 34.6 Å². The smallest absolute Gasteiger partial charge is 0.168 e. The van der Waals surface area contributed by atoms with E-state index >= 15 is 0 Å². The molecule has 0 radical (unpaired) electrons. The third-order valence-corrected chi connectivity index (χ3v) is 2.67. The number of para-hydroxylation sites is 1. The van der Waals surface area contributed by atoms with E-state index in [-0.39, 0.29) is 5.54 Å². The van der Waals surface area contributed by atoms with Crippen LogP contribution in [0, 0.1) is 0 Å². The molecule has 0 spiro atoms. The lowest BCUT2D eigenvalue weighted by atomic mass is 10.1. The average molecular weight is 322 g/mol. The van der Waals surface area contributed by atoms with Gasteiger partial charge in [-0.2, -0.15) is 10.2 Å². The predicted octanol–water partition coefficient (Wildman–Crippen LogP) is 3.52. The van der Waals surface area contributed by atoms with E-state index in [4.69, 9.17) is 17.0 Å². The summed E-state index contributed by atoms with van der Waals surface area (Å²) in [5.41, 5.74) is -0.741. The minimum atomic E-state index is -0.544. The summed E-state index contributed by atoms with van der Waals surface area (Å²) >= 11 is 5.26. The van der Waals surface area contributed by atoms with Crippen molar-refractivity contribution < 1.29 is 4.74 Å². The number of azo groups is 1. The monoisotopic (exact) mass is 322 g/mol. The summed E-state index contributed by atoms with van der Waals surface area (Å²) in [4.78, 5) is 0. The SMILES string of the molecule is CC(C)(C)N=NC(C)(C)NC(=S)NCCOc1ccccc1. The highest BCUT2D eigenvalue weighted by Crippen LogP contribution is 2.12. The Morgan fingerprint density at radius 1 is 1.09 bits per heavy atom. The van der Waals surface area contributed by atoms with E-state index in [2.05, 4.69) is 20.9 Å². The Hall–Kier alpha value is -1.69. The first-order valence-corrected chi connectivity index (χ1v) is 7.77. The zero-order valence-corrected chi connectivity index (χ0v) is 14.8. The summed E-state index contributed by atoms with van der Waals surface area (Å²) in [5, 5.41) is 15.3. The predicted molar refractivity (Wildman–Crippen MR) is 94.4 cm³/mol. The van der Waals surface area contributed by atoms with Gasteiger partial charge in [0.25, 0.3) is 0 Å². The Morgan fingerprint density at radius 2 is 1.73 bits per heavy atom. The van der Waals surface area contributed by atoms with Gasteiger partial charge in [-0.1, -0.05) is 18.2 Å². The van der Waals surface area contributed by atoms with Crippen molar-refractivity contribution in [3.63, 3.8) is 0 Å². The lowest BCUT2D eigenvalue weighted by Crippen LogP contribution is -2.47. The Morgan fingerprint density at radius 3 is 2.32 bits per heavy atom. The molecule has 0 fully saturated rings. The molecule has 6 heteroatoms. The van der Waals surface area contributed by atoms with E-state index in [0.717, 1.165) is 5.75 Å². The molecular formula is C16H26N4OS. The maximum Gasteiger partial charge on any atom is 0.168 e. The Balaban J connectivity index is 2.29. The van der Waals surface area contributed by atoms with Crippen molar-refractivity contribution in [2.45, 2.75) is 45.8 Å². The van der Waals surface area contributed by atoms with Crippen molar-refractivity contribution in [3.8, 4) is 5.75 Å². The van der Waals surface area contributed by atoms with Crippen LogP contribution in [0.2, 0.25) is 0 Å². The summed E-state index contributed by atoms with van der Waals surface area (Å²) in [6.07, 6.45) is 0. The van der Waals surface area contributed by atoms with Crippen molar-refractivity contribution in [1.82, 2.24) is 10.6 Å². The number of nitrogens with zero attached hydrogens (tertiary/aromatic N) is 2. The van der Waals surface area contributed by atoms with Crippen molar-refractivity contribution >= 4 is 17.3 Å². The molecule has 1 aromatic rings. The minimum absolute atomic E-state index is 0.197. The van der Waals surface area contributed by atoms with Crippen LogP contribution in [0.25, 0.3) is 0 Å². The third-order valence-electron chi connectivity index (χ3n) is 2.42. The molecule has 0 unspecified atom stereocenters. The fraction of sp³-hybridized carbons (Fsp3) is 0.562. The lowest BCUT2D eigenvalue weighted by Gasteiger charge is -2.24. The highest BCUT2D eigenvalue weighted by Gasteiger charge is 2.19. The fourth-order valence-corrected chi connectivity index (χ4v) is 1.82. The molecule has 0 bridgehead atoms. The fourth-order valence-electron chi connectivity index (χ4n) is 1.47. The number of thiocarbonyl (C=S) groups is 1. The summed E-state index contributed by atoms with van der Waals surface area (Å²) in [7, 11) is 0. The van der Waals surface area contributed by atoms with Gasteiger partial charge in [0.2, 0.25) is 0 Å². The molecule has 2 N–H and O–H groups in total. The first-order chi connectivity index (χ1) is 10.2. The molecule has 0 atom stereocenters. The summed E-state index contributed by atoms with van der Waals surface area (Å²) in [5.74, 6) is 0.850. The average Bonchev–Trinajstić information content (AvgIpc) is 2.42. The highest BCUT2D eigenvalue weighted by atomic mass is 32.1. The lowest BCUT2D eigenvalue weighted by molar-refractivity contribution is 0.321. The van der Waals surface area contributed by atoms with Gasteiger partial charge < -0.3 is 15.4 Å². The Labute approximate surface area is 138 Å². The van der Waals surface area contributed by atoms with Crippen LogP contribution in [-0.2, 0) is 0 Å². The van der Waals surface area contributed by atoms with Crippen LogP contribution < -0.4 is 15.4 Å². The third kappa shape index (κ3) is 8.56. The van der Waals surface area contributed by atoms with Crippen molar-refractivity contribution in [2.24, 2.45) is 10.2 Å². The topological polar surface area (TPSA) is 58.0 Å². The Kier molecular flexibility index (Phi) is 6.74. The van der Waals surface area contributed by atoms with Crippen LogP contribution in [0.5, 0.6) is 5.75 Å². The molecule has 0 aliphatic carbocycles. The van der Waals surface area contributed by atoms with Gasteiger partial charge in [0, 0.05) is 0 Å². The van der Waals surface area contributed by atoms with E-state index < -0.39 is 5.66 Å². The van der Waals surface area contributed by atoms with Gasteiger partial charge in [-0.25, -0.2) is 0 Å². The maximum atomic E-state index is 5.59. The van der Waals surface area contributed by atoms with Crippen molar-refractivity contribution in [1.29, 1.82) is 0 Å². The Bertz CT molecular complexity index is 495. The minimum Gasteiger partial charge on any atom is -0.492 e. The molecule has 122 valence electrons. The zero-order valence-electron chi connectivity index (χ0n) is 14.0. The number of benzene rings is 1. The molecule has 5 nitrogen and oxygen atoms in total. The second kappa shape index (κ2) is 8.08. The van der Waals surface area contributed by atoms with E-state index in [1.807, 2.05) is 65.0 Å². The van der Waals surface area contributed by atoms with Crippen LogP contribution in [-0.4, -0.2) is 29.5 Å². The normalized spacial score (nSPS) is 12.2. The number of hydrogen-bond acceptors (Lipinski definition) is 4. The summed E-state index contributed by atoms with van der Waals surface area (Å²) < 4.78 is 5.59. The number of nitrogens with one attached hydrogen (secondary N) is 2. The summed E-state index contributed by atoms with van der Waals surface area (Å²) in [6, 6.07) is 9.69. The van der Waals surface area contributed by atoms with Gasteiger partial charge in [0.05, 0.1) is 12.1 Å².